The average molecular weight is 1260 g/mol. The molecular weight excluding hydrogens is 1180 g/mol. The standard InChI is InChI=1S/C93H60N2O2/c1-5-25-58(26-6-1)71-41-21-42-72(59-27-7-2-8-28-59)92(71)94-79-51-49-64(69-39-23-47-85-88(69)75-37-17-19-45-83(75)96-85)54-77(79)90-78-55-65(70-40-24-48-86-89(70)76-38-18-20-46-84(76)97-86)50-52-80(78)95(93-73(60-29-9-3-10-30-60)43-22-44-74(93)61-31-11-4-12-32-61)82-57-66(56-81(94)91(82)90)87-67-35-15-13-33-62(67)53-63-34-14-16-36-68(63)87/h1-52,54-57,87,90H,53H2/i1D,2D,3D,4D,5D,6D,7D,8D,9D,10D,11D,12D,21D,22D,25D,26D,27D,28D,29D,30D,31D,32D,41D,42D,43D,44D. The highest BCUT2D eigenvalue weighted by atomic mass is 16.3. The van der Waals surface area contributed by atoms with Gasteiger partial charge in [0.15, 0.2) is 0 Å². The normalized spacial score (nSPS) is 16.9. The predicted octanol–water partition coefficient (Wildman–Crippen LogP) is 25.3. The van der Waals surface area contributed by atoms with Gasteiger partial charge in [-0.2, -0.15) is 0 Å². The Kier molecular flexibility index (Phi) is 7.99. The van der Waals surface area contributed by atoms with Crippen LogP contribution in [0.3, 0.4) is 0 Å². The summed E-state index contributed by atoms with van der Waals surface area (Å²) in [6.07, 6.45) is 0.415. The monoisotopic (exact) mass is 1260 g/mol. The van der Waals surface area contributed by atoms with Crippen LogP contribution in [-0.2, 0) is 6.42 Å². The van der Waals surface area contributed by atoms with Crippen molar-refractivity contribution in [2.75, 3.05) is 9.80 Å². The lowest BCUT2D eigenvalue weighted by Gasteiger charge is -2.47. The number of hydrogen-bond donors (Lipinski definition) is 0. The third-order valence-electron chi connectivity index (χ3n) is 19.1. The Morgan fingerprint density at radius 2 is 0.670 bits per heavy atom. The van der Waals surface area contributed by atoms with E-state index in [-0.39, 0.29) is 28.3 Å². The molecule has 0 saturated carbocycles. The fraction of sp³-hybridized carbons (Fsp3) is 0.0323. The first-order valence-corrected chi connectivity index (χ1v) is 31.5. The lowest BCUT2D eigenvalue weighted by Crippen LogP contribution is -2.31. The summed E-state index contributed by atoms with van der Waals surface area (Å²) in [6.45, 7) is 0. The van der Waals surface area contributed by atoms with Crippen molar-refractivity contribution >= 4 is 78.0 Å². The van der Waals surface area contributed by atoms with Crippen LogP contribution in [0.1, 0.15) is 92.0 Å². The summed E-state index contributed by atoms with van der Waals surface area (Å²) in [5.41, 5.74) is 2.21. The zero-order valence-electron chi connectivity index (χ0n) is 76.9. The van der Waals surface area contributed by atoms with Crippen molar-refractivity contribution in [1.82, 2.24) is 0 Å². The molecule has 0 saturated heterocycles. The third kappa shape index (κ3) is 8.63. The first-order chi connectivity index (χ1) is 58.9. The Morgan fingerprint density at radius 1 is 0.289 bits per heavy atom. The van der Waals surface area contributed by atoms with Crippen molar-refractivity contribution in [1.29, 1.82) is 0 Å². The van der Waals surface area contributed by atoms with Crippen LogP contribution in [0.4, 0.5) is 34.1 Å². The molecule has 0 unspecified atom stereocenters. The van der Waals surface area contributed by atoms with E-state index < -0.39 is 225 Å². The Balaban J connectivity index is 1.07. The zero-order valence-corrected chi connectivity index (χ0v) is 50.9. The van der Waals surface area contributed by atoms with Crippen molar-refractivity contribution in [3.8, 4) is 66.8 Å². The maximum atomic E-state index is 10.5. The van der Waals surface area contributed by atoms with Crippen molar-refractivity contribution in [3.05, 3.63) is 384 Å². The SMILES string of the molecule is [2H]c1c([2H])c([2H])c(-c2c([2H])c([2H])c([2H])c(-c3c([2H])c([2H])c([2H])c([2H])c3[2H])c2N2c3ccc(-c4cccc5oc6ccccc6c45)cc3C3c4cc(-c5cccc6oc7ccccc7c56)ccc4N(c4c(-c5c([2H])c([2H])c([2H])c([2H])c5[2H])c([2H])c([2H])c([2H])c4-c4c([2H])c([2H])c([2H])c([2H])c4[2H])c4cc(C5c6ccccc6Cc6ccccc65)cc2c43)c([2H])c1[2H]. The second-order valence-corrected chi connectivity index (χ2v) is 24.1. The molecular formula is C93H60N2O2. The molecule has 1 aliphatic carbocycles. The van der Waals surface area contributed by atoms with Gasteiger partial charge < -0.3 is 18.6 Å². The van der Waals surface area contributed by atoms with Crippen LogP contribution >= 0.6 is 0 Å². The number of rotatable bonds is 9. The van der Waals surface area contributed by atoms with Crippen LogP contribution in [0.5, 0.6) is 0 Å². The maximum Gasteiger partial charge on any atom is 0.136 e. The van der Waals surface area contributed by atoms with Crippen molar-refractivity contribution in [3.63, 3.8) is 0 Å². The molecule has 0 amide bonds. The van der Waals surface area contributed by atoms with E-state index in [1.165, 1.54) is 9.80 Å². The fourth-order valence-electron chi connectivity index (χ4n) is 15.2. The summed E-state index contributed by atoms with van der Waals surface area (Å²) in [5, 5.41) is 2.78. The van der Waals surface area contributed by atoms with Gasteiger partial charge in [-0.25, -0.2) is 0 Å². The lowest BCUT2D eigenvalue weighted by atomic mass is 9.71. The van der Waals surface area contributed by atoms with Gasteiger partial charge in [0.2, 0.25) is 0 Å². The minimum atomic E-state index is -1.28. The number of anilines is 6. The molecule has 0 radical (unpaired) electrons. The van der Waals surface area contributed by atoms with Gasteiger partial charge >= 0.3 is 0 Å². The molecule has 0 fully saturated rings. The Bertz CT molecular complexity index is 6940. The van der Waals surface area contributed by atoms with Gasteiger partial charge in [-0.15, -0.1) is 0 Å². The Morgan fingerprint density at radius 3 is 1.09 bits per heavy atom. The van der Waals surface area contributed by atoms with Gasteiger partial charge in [0.05, 0.1) is 69.8 Å². The molecule has 0 N–H and O–H groups in total. The molecule has 454 valence electrons. The van der Waals surface area contributed by atoms with Crippen LogP contribution in [0.15, 0.2) is 348 Å². The van der Waals surface area contributed by atoms with Gasteiger partial charge in [-0.1, -0.05) is 278 Å². The van der Waals surface area contributed by atoms with Crippen LogP contribution in [0, 0.1) is 0 Å². The van der Waals surface area contributed by atoms with Crippen LogP contribution in [0.25, 0.3) is 111 Å². The smallest absolute Gasteiger partial charge is 0.136 e. The zero-order chi connectivity index (χ0) is 86.3. The van der Waals surface area contributed by atoms with E-state index in [9.17, 15) is 30.2 Å². The highest BCUT2D eigenvalue weighted by Gasteiger charge is 2.45. The molecule has 0 atom stereocenters. The number of furan rings is 2. The minimum absolute atomic E-state index is 0.0120. The highest BCUT2D eigenvalue weighted by Crippen LogP contribution is 2.65. The summed E-state index contributed by atoms with van der Waals surface area (Å²) in [5.74, 6) is -2.18. The molecule has 3 aliphatic rings. The van der Waals surface area contributed by atoms with E-state index in [0.717, 1.165) is 33.0 Å². The van der Waals surface area contributed by atoms with Gasteiger partial charge in [0.1, 0.15) is 22.3 Å². The largest absolute Gasteiger partial charge is 0.456 e. The number of nitrogens with zero attached hydrogens (tertiary/aromatic N) is 2. The van der Waals surface area contributed by atoms with E-state index in [4.69, 9.17) is 14.3 Å². The molecule has 97 heavy (non-hydrogen) atoms. The maximum absolute atomic E-state index is 10.5. The molecule has 15 aromatic carbocycles. The number of hydrogen-bond acceptors (Lipinski definition) is 4. The topological polar surface area (TPSA) is 32.8 Å². The van der Waals surface area contributed by atoms with E-state index in [1.807, 2.05) is 146 Å². The Hall–Kier alpha value is -12.5. The first-order valence-electron chi connectivity index (χ1n) is 44.5. The van der Waals surface area contributed by atoms with Gasteiger partial charge in [0.25, 0.3) is 0 Å². The van der Waals surface area contributed by atoms with Gasteiger partial charge in [-0.3, -0.25) is 0 Å². The van der Waals surface area contributed by atoms with Gasteiger partial charge in [-0.05, 0) is 151 Å². The Labute approximate surface area is 599 Å². The van der Waals surface area contributed by atoms with Crippen molar-refractivity contribution in [2.45, 2.75) is 18.3 Å². The average Bonchev–Trinajstić information content (AvgIpc) is 1.61. The predicted molar refractivity (Wildman–Crippen MR) is 401 cm³/mol. The van der Waals surface area contributed by atoms with Crippen molar-refractivity contribution in [2.24, 2.45) is 0 Å². The molecule has 2 aromatic heterocycles. The lowest BCUT2D eigenvalue weighted by molar-refractivity contribution is 0.668. The summed E-state index contributed by atoms with van der Waals surface area (Å²) in [6, 6.07) is 32.1. The van der Waals surface area contributed by atoms with E-state index in [2.05, 4.69) is 0 Å². The fourth-order valence-corrected chi connectivity index (χ4v) is 15.2. The second kappa shape index (κ2) is 22.1. The molecule has 2 aliphatic heterocycles. The molecule has 20 rings (SSSR count). The van der Waals surface area contributed by atoms with Crippen LogP contribution in [-0.4, -0.2) is 0 Å². The number of benzene rings is 15. The summed E-state index contributed by atoms with van der Waals surface area (Å²) in [4.78, 5) is 3.07. The third-order valence-corrected chi connectivity index (χ3v) is 19.1. The molecule has 17 aromatic rings. The van der Waals surface area contributed by atoms with E-state index >= 15 is 0 Å². The highest BCUT2D eigenvalue weighted by molar-refractivity contribution is 6.15. The molecule has 0 bridgehead atoms. The molecule has 0 spiro atoms. The second-order valence-electron chi connectivity index (χ2n) is 24.1. The van der Waals surface area contributed by atoms with E-state index in [0.29, 0.717) is 78.5 Å². The summed E-state index contributed by atoms with van der Waals surface area (Å²) < 4.78 is 267. The summed E-state index contributed by atoms with van der Waals surface area (Å²) >= 11 is 0. The van der Waals surface area contributed by atoms with Crippen LogP contribution in [0.2, 0.25) is 0 Å². The summed E-state index contributed by atoms with van der Waals surface area (Å²) in [7, 11) is 0. The van der Waals surface area contributed by atoms with Crippen LogP contribution < -0.4 is 9.80 Å². The molecule has 4 nitrogen and oxygen atoms in total. The minimum Gasteiger partial charge on any atom is -0.456 e. The molecule has 4 heteroatoms. The first kappa shape index (κ1) is 35.1. The number of para-hydroxylation sites is 4. The number of fused-ring (bicyclic) bond motifs is 12. The van der Waals surface area contributed by atoms with Gasteiger partial charge in [0, 0.05) is 61.2 Å². The van der Waals surface area contributed by atoms with E-state index in [1.54, 1.807) is 36.4 Å². The molecule has 4 heterocycles. The van der Waals surface area contributed by atoms with Crippen molar-refractivity contribution < 1.29 is 44.5 Å². The quantitative estimate of drug-likeness (QED) is 0.144.